The van der Waals surface area contributed by atoms with E-state index >= 15 is 0 Å². The van der Waals surface area contributed by atoms with Gasteiger partial charge in [0, 0.05) is 11.6 Å². The van der Waals surface area contributed by atoms with Crippen LogP contribution in [0.1, 0.15) is 27.8 Å². The van der Waals surface area contributed by atoms with Crippen molar-refractivity contribution < 1.29 is 18.7 Å². The van der Waals surface area contributed by atoms with Crippen LogP contribution in [0.5, 0.6) is 0 Å². The maximum absolute atomic E-state index is 13.9. The number of ether oxygens (including phenoxy) is 1. The lowest BCUT2D eigenvalue weighted by atomic mass is 10.1. The van der Waals surface area contributed by atoms with Gasteiger partial charge in [0.25, 0.3) is 5.91 Å². The highest BCUT2D eigenvalue weighted by atomic mass is 19.1. The first kappa shape index (κ1) is 17.7. The van der Waals surface area contributed by atoms with Gasteiger partial charge in [-0.2, -0.15) is 0 Å². The van der Waals surface area contributed by atoms with Crippen LogP contribution < -0.4 is 5.32 Å². The van der Waals surface area contributed by atoms with Crippen molar-refractivity contribution in [1.29, 1.82) is 0 Å². The SMILES string of the molecule is CCOC(=O)c1cc(C(=O)Nc2ccccc2F)n2ccc3ccccc3c12. The average Bonchev–Trinajstić information content (AvgIpc) is 3.10. The summed E-state index contributed by atoms with van der Waals surface area (Å²) >= 11 is 0. The number of rotatable bonds is 4. The first-order chi connectivity index (χ1) is 13.6. The summed E-state index contributed by atoms with van der Waals surface area (Å²) in [7, 11) is 0. The zero-order valence-corrected chi connectivity index (χ0v) is 15.1. The molecule has 140 valence electrons. The summed E-state index contributed by atoms with van der Waals surface area (Å²) in [5.74, 6) is -1.57. The van der Waals surface area contributed by atoms with E-state index < -0.39 is 17.7 Å². The molecule has 0 unspecified atom stereocenters. The second kappa shape index (κ2) is 7.15. The molecule has 1 amide bonds. The Labute approximate surface area is 160 Å². The lowest BCUT2D eigenvalue weighted by molar-refractivity contribution is 0.0529. The highest BCUT2D eigenvalue weighted by Crippen LogP contribution is 2.27. The minimum absolute atomic E-state index is 0.0703. The molecule has 4 aromatic rings. The average molecular weight is 376 g/mol. The van der Waals surface area contributed by atoms with Gasteiger partial charge < -0.3 is 14.5 Å². The van der Waals surface area contributed by atoms with E-state index in [1.54, 1.807) is 29.7 Å². The number of para-hydroxylation sites is 1. The number of benzene rings is 2. The van der Waals surface area contributed by atoms with Crippen LogP contribution in [-0.4, -0.2) is 22.9 Å². The molecule has 6 heteroatoms. The first-order valence-electron chi connectivity index (χ1n) is 8.86. The molecule has 0 radical (unpaired) electrons. The van der Waals surface area contributed by atoms with Crippen LogP contribution in [0.15, 0.2) is 66.9 Å². The lowest BCUT2D eigenvalue weighted by Gasteiger charge is -2.08. The first-order valence-corrected chi connectivity index (χ1v) is 8.86. The molecule has 0 bridgehead atoms. The van der Waals surface area contributed by atoms with Gasteiger partial charge in [0.2, 0.25) is 0 Å². The van der Waals surface area contributed by atoms with E-state index in [0.29, 0.717) is 5.52 Å². The molecule has 0 atom stereocenters. The summed E-state index contributed by atoms with van der Waals surface area (Å²) in [5, 5.41) is 4.31. The number of carbonyl (C=O) groups excluding carboxylic acids is 2. The third kappa shape index (κ3) is 2.99. The summed E-state index contributed by atoms with van der Waals surface area (Å²) < 4.78 is 20.7. The number of amides is 1. The molecular weight excluding hydrogens is 359 g/mol. The van der Waals surface area contributed by atoms with Gasteiger partial charge in [-0.15, -0.1) is 0 Å². The Hall–Kier alpha value is -3.67. The van der Waals surface area contributed by atoms with Gasteiger partial charge in [0.15, 0.2) is 0 Å². The number of nitrogens with zero attached hydrogens (tertiary/aromatic N) is 1. The molecule has 2 heterocycles. The van der Waals surface area contributed by atoms with Crippen LogP contribution >= 0.6 is 0 Å². The van der Waals surface area contributed by atoms with Gasteiger partial charge in [0.05, 0.1) is 23.4 Å². The quantitative estimate of drug-likeness (QED) is 0.527. The van der Waals surface area contributed by atoms with E-state index in [2.05, 4.69) is 5.32 Å². The number of fused-ring (bicyclic) bond motifs is 3. The van der Waals surface area contributed by atoms with E-state index in [4.69, 9.17) is 4.74 Å². The molecule has 4 rings (SSSR count). The fraction of sp³-hybridized carbons (Fsp3) is 0.0909. The smallest absolute Gasteiger partial charge is 0.340 e. The molecule has 0 aliphatic carbocycles. The number of halogens is 1. The topological polar surface area (TPSA) is 59.8 Å². The Morgan fingerprint density at radius 3 is 2.61 bits per heavy atom. The number of hydrogen-bond acceptors (Lipinski definition) is 3. The van der Waals surface area contributed by atoms with Crippen LogP contribution in [0.4, 0.5) is 10.1 Å². The number of carbonyl (C=O) groups is 2. The number of anilines is 1. The molecule has 0 saturated carbocycles. The lowest BCUT2D eigenvalue weighted by Crippen LogP contribution is -2.15. The second-order valence-corrected chi connectivity index (χ2v) is 6.22. The minimum Gasteiger partial charge on any atom is -0.462 e. The van der Waals surface area contributed by atoms with Gasteiger partial charge in [-0.25, -0.2) is 9.18 Å². The summed E-state index contributed by atoms with van der Waals surface area (Å²) in [6.07, 6.45) is 1.72. The van der Waals surface area contributed by atoms with Crippen molar-refractivity contribution in [2.24, 2.45) is 0 Å². The Bertz CT molecular complexity index is 1210. The molecule has 0 spiro atoms. The summed E-state index contributed by atoms with van der Waals surface area (Å²) in [6, 6.07) is 16.8. The predicted octanol–water partition coefficient (Wildman–Crippen LogP) is 4.66. The van der Waals surface area contributed by atoms with E-state index in [1.165, 1.54) is 18.2 Å². The third-order valence-electron chi connectivity index (χ3n) is 4.51. The molecule has 28 heavy (non-hydrogen) atoms. The van der Waals surface area contributed by atoms with E-state index in [9.17, 15) is 14.0 Å². The predicted molar refractivity (Wildman–Crippen MR) is 105 cm³/mol. The van der Waals surface area contributed by atoms with Crippen LogP contribution in [-0.2, 0) is 4.74 Å². The van der Waals surface area contributed by atoms with Crippen LogP contribution in [0.2, 0.25) is 0 Å². The number of pyridine rings is 1. The Balaban J connectivity index is 1.89. The van der Waals surface area contributed by atoms with Crippen molar-refractivity contribution in [3.63, 3.8) is 0 Å². The summed E-state index contributed by atoms with van der Waals surface area (Å²) in [6.45, 7) is 1.94. The Morgan fingerprint density at radius 1 is 1.07 bits per heavy atom. The molecule has 1 N–H and O–H groups in total. The summed E-state index contributed by atoms with van der Waals surface area (Å²) in [5.41, 5.74) is 1.15. The van der Waals surface area contributed by atoms with Crippen LogP contribution in [0.25, 0.3) is 16.3 Å². The van der Waals surface area contributed by atoms with Gasteiger partial charge in [-0.1, -0.05) is 36.4 Å². The van der Waals surface area contributed by atoms with Crippen molar-refractivity contribution >= 4 is 33.9 Å². The number of nitrogens with one attached hydrogen (secondary N) is 1. The fourth-order valence-corrected chi connectivity index (χ4v) is 3.26. The van der Waals surface area contributed by atoms with Crippen molar-refractivity contribution in [3.8, 4) is 0 Å². The molecule has 0 fully saturated rings. The highest BCUT2D eigenvalue weighted by molar-refractivity contribution is 6.13. The molecule has 2 aromatic carbocycles. The maximum Gasteiger partial charge on any atom is 0.340 e. The standard InChI is InChI=1S/C22H17FN2O3/c1-2-28-22(27)16-13-19(21(26)24-18-10-6-5-9-17(18)23)25-12-11-14-7-3-4-8-15(14)20(16)25/h3-13H,2H2,1H3,(H,24,26). The minimum atomic E-state index is -0.534. The van der Waals surface area contributed by atoms with Crippen LogP contribution in [0.3, 0.4) is 0 Å². The van der Waals surface area contributed by atoms with Crippen LogP contribution in [0, 0.1) is 5.82 Å². The normalized spacial score (nSPS) is 10.9. The van der Waals surface area contributed by atoms with Gasteiger partial charge >= 0.3 is 5.97 Å². The number of hydrogen-bond donors (Lipinski definition) is 1. The van der Waals surface area contributed by atoms with Crippen molar-refractivity contribution in [1.82, 2.24) is 4.40 Å². The zero-order chi connectivity index (χ0) is 19.7. The largest absolute Gasteiger partial charge is 0.462 e. The van der Waals surface area contributed by atoms with Gasteiger partial charge in [-0.3, -0.25) is 4.79 Å². The molecule has 0 aliphatic heterocycles. The fourth-order valence-electron chi connectivity index (χ4n) is 3.26. The second-order valence-electron chi connectivity index (χ2n) is 6.22. The molecule has 5 nitrogen and oxygen atoms in total. The van der Waals surface area contributed by atoms with Crippen molar-refractivity contribution in [3.05, 3.63) is 83.9 Å². The zero-order valence-electron chi connectivity index (χ0n) is 15.1. The van der Waals surface area contributed by atoms with E-state index in [-0.39, 0.29) is 23.6 Å². The maximum atomic E-state index is 13.9. The molecular formula is C22H17FN2O3. The van der Waals surface area contributed by atoms with E-state index in [0.717, 1.165) is 10.8 Å². The van der Waals surface area contributed by atoms with Crippen molar-refractivity contribution in [2.45, 2.75) is 6.92 Å². The molecule has 2 aromatic heterocycles. The van der Waals surface area contributed by atoms with Gasteiger partial charge in [-0.05, 0) is 36.6 Å². The highest BCUT2D eigenvalue weighted by Gasteiger charge is 2.22. The van der Waals surface area contributed by atoms with Crippen molar-refractivity contribution in [2.75, 3.05) is 11.9 Å². The summed E-state index contributed by atoms with van der Waals surface area (Å²) in [4.78, 5) is 25.4. The van der Waals surface area contributed by atoms with E-state index in [1.807, 2.05) is 30.3 Å². The monoisotopic (exact) mass is 376 g/mol. The molecule has 0 saturated heterocycles. The van der Waals surface area contributed by atoms with Gasteiger partial charge in [0.1, 0.15) is 11.5 Å². The molecule has 0 aliphatic rings. The third-order valence-corrected chi connectivity index (χ3v) is 4.51. The Morgan fingerprint density at radius 2 is 1.82 bits per heavy atom. The number of aromatic nitrogens is 1. The number of esters is 1. The Kier molecular flexibility index (Phi) is 4.53.